The van der Waals surface area contributed by atoms with Crippen LogP contribution in [0.3, 0.4) is 0 Å². The second-order valence-electron chi connectivity index (χ2n) is 4.54. The van der Waals surface area contributed by atoms with E-state index < -0.39 is 11.7 Å². The Kier molecular flexibility index (Phi) is 5.14. The van der Waals surface area contributed by atoms with Gasteiger partial charge in [-0.2, -0.15) is 13.2 Å². The van der Waals surface area contributed by atoms with E-state index in [1.165, 1.54) is 6.20 Å². The summed E-state index contributed by atoms with van der Waals surface area (Å²) < 4.78 is 39.5. The molecule has 1 aromatic heterocycles. The van der Waals surface area contributed by atoms with Gasteiger partial charge in [0.25, 0.3) is 0 Å². The Bertz CT molecular complexity index is 462. The van der Waals surface area contributed by atoms with Crippen LogP contribution < -0.4 is 4.90 Å². The van der Waals surface area contributed by atoms with Crippen LogP contribution in [0, 0.1) is 0 Å². The fourth-order valence-electron chi connectivity index (χ4n) is 2.20. The zero-order chi connectivity index (χ0) is 14.8. The van der Waals surface area contributed by atoms with Crippen LogP contribution in [0.4, 0.5) is 19.0 Å². The standard InChI is InChI=1S/C12H14BrClF3N3/c13-9-7-10(12(15,16)17)11(18-8-9)20-5-3-19(2-1-14)4-6-20/h7-8H,1-6H2. The van der Waals surface area contributed by atoms with Gasteiger partial charge in [0.05, 0.1) is 5.56 Å². The molecule has 0 aromatic carbocycles. The minimum Gasteiger partial charge on any atom is -0.354 e. The fraction of sp³-hybridized carbons (Fsp3) is 0.583. The number of piperazine rings is 1. The van der Waals surface area contributed by atoms with Gasteiger partial charge in [-0.25, -0.2) is 4.98 Å². The van der Waals surface area contributed by atoms with Gasteiger partial charge in [0.15, 0.2) is 0 Å². The average molecular weight is 373 g/mol. The molecule has 8 heteroatoms. The molecule has 20 heavy (non-hydrogen) atoms. The molecule has 1 fully saturated rings. The Labute approximate surface area is 128 Å². The lowest BCUT2D eigenvalue weighted by molar-refractivity contribution is -0.137. The van der Waals surface area contributed by atoms with E-state index in [1.807, 2.05) is 0 Å². The number of pyridine rings is 1. The first-order chi connectivity index (χ1) is 9.41. The van der Waals surface area contributed by atoms with Crippen molar-refractivity contribution in [3.8, 4) is 0 Å². The van der Waals surface area contributed by atoms with Gasteiger partial charge in [0.1, 0.15) is 5.82 Å². The summed E-state index contributed by atoms with van der Waals surface area (Å²) in [5.74, 6) is 0.538. The molecular formula is C12H14BrClF3N3. The van der Waals surface area contributed by atoms with Crippen molar-refractivity contribution >= 4 is 33.3 Å². The van der Waals surface area contributed by atoms with E-state index >= 15 is 0 Å². The fourth-order valence-corrected chi connectivity index (χ4v) is 2.77. The van der Waals surface area contributed by atoms with Gasteiger partial charge >= 0.3 is 6.18 Å². The zero-order valence-corrected chi connectivity index (χ0v) is 13.0. The largest absolute Gasteiger partial charge is 0.419 e. The van der Waals surface area contributed by atoms with Crippen molar-refractivity contribution in [1.29, 1.82) is 0 Å². The van der Waals surface area contributed by atoms with Crippen molar-refractivity contribution in [2.24, 2.45) is 0 Å². The van der Waals surface area contributed by atoms with Crippen molar-refractivity contribution in [2.45, 2.75) is 6.18 Å². The molecule has 0 N–H and O–H groups in total. The number of nitrogens with zero attached hydrogens (tertiary/aromatic N) is 3. The SMILES string of the molecule is FC(F)(F)c1cc(Br)cnc1N1CCN(CCCl)CC1. The predicted molar refractivity (Wildman–Crippen MR) is 76.3 cm³/mol. The number of alkyl halides is 4. The lowest BCUT2D eigenvalue weighted by Crippen LogP contribution is -2.47. The molecule has 1 aliphatic rings. The van der Waals surface area contributed by atoms with Crippen molar-refractivity contribution < 1.29 is 13.2 Å². The number of hydrogen-bond donors (Lipinski definition) is 0. The highest BCUT2D eigenvalue weighted by Crippen LogP contribution is 2.37. The maximum Gasteiger partial charge on any atom is 0.419 e. The molecule has 0 radical (unpaired) electrons. The molecule has 0 bridgehead atoms. The highest BCUT2D eigenvalue weighted by atomic mass is 79.9. The quantitative estimate of drug-likeness (QED) is 0.760. The maximum atomic E-state index is 13.1. The number of halogens is 5. The first-order valence-electron chi connectivity index (χ1n) is 6.18. The topological polar surface area (TPSA) is 19.4 Å². The van der Waals surface area contributed by atoms with E-state index in [-0.39, 0.29) is 5.82 Å². The first-order valence-corrected chi connectivity index (χ1v) is 7.50. The summed E-state index contributed by atoms with van der Waals surface area (Å²) in [4.78, 5) is 7.77. The molecule has 0 atom stereocenters. The monoisotopic (exact) mass is 371 g/mol. The molecule has 0 unspecified atom stereocenters. The third-order valence-corrected chi connectivity index (χ3v) is 3.81. The summed E-state index contributed by atoms with van der Waals surface area (Å²) in [6.07, 6.45) is -3.00. The molecule has 2 rings (SSSR count). The van der Waals surface area contributed by atoms with Crippen molar-refractivity contribution in [1.82, 2.24) is 9.88 Å². The second-order valence-corrected chi connectivity index (χ2v) is 5.83. The van der Waals surface area contributed by atoms with E-state index in [4.69, 9.17) is 11.6 Å². The van der Waals surface area contributed by atoms with E-state index in [9.17, 15) is 13.2 Å². The van der Waals surface area contributed by atoms with Crippen LogP contribution in [0.2, 0.25) is 0 Å². The van der Waals surface area contributed by atoms with Gasteiger partial charge in [-0.3, -0.25) is 4.90 Å². The Morgan fingerprint density at radius 2 is 1.90 bits per heavy atom. The molecule has 112 valence electrons. The van der Waals surface area contributed by atoms with Crippen LogP contribution in [0.25, 0.3) is 0 Å². The summed E-state index contributed by atoms with van der Waals surface area (Å²) in [6.45, 7) is 3.20. The number of hydrogen-bond acceptors (Lipinski definition) is 3. The number of anilines is 1. The minimum atomic E-state index is -4.40. The van der Waals surface area contributed by atoms with Crippen LogP contribution in [0.5, 0.6) is 0 Å². The van der Waals surface area contributed by atoms with Gasteiger partial charge in [-0.15, -0.1) is 11.6 Å². The van der Waals surface area contributed by atoms with E-state index in [0.29, 0.717) is 36.5 Å². The molecule has 1 saturated heterocycles. The van der Waals surface area contributed by atoms with Gasteiger partial charge in [0.2, 0.25) is 0 Å². The second kappa shape index (κ2) is 6.49. The summed E-state index contributed by atoms with van der Waals surface area (Å²) >= 11 is 8.71. The van der Waals surface area contributed by atoms with Gasteiger partial charge in [-0.05, 0) is 22.0 Å². The Hall–Kier alpha value is -0.530. The molecule has 0 amide bonds. The van der Waals surface area contributed by atoms with Crippen LogP contribution in [-0.4, -0.2) is 48.5 Å². The predicted octanol–water partition coefficient (Wildman–Crippen LogP) is 3.22. The highest BCUT2D eigenvalue weighted by molar-refractivity contribution is 9.10. The summed E-state index contributed by atoms with van der Waals surface area (Å²) in [6, 6.07) is 1.08. The normalized spacial score (nSPS) is 17.6. The Morgan fingerprint density at radius 3 is 2.45 bits per heavy atom. The van der Waals surface area contributed by atoms with Crippen LogP contribution in [0.15, 0.2) is 16.7 Å². The number of rotatable bonds is 3. The third-order valence-electron chi connectivity index (χ3n) is 3.21. The molecule has 1 aliphatic heterocycles. The maximum absolute atomic E-state index is 13.1. The van der Waals surface area contributed by atoms with Crippen LogP contribution >= 0.6 is 27.5 Å². The average Bonchev–Trinajstić information content (AvgIpc) is 2.39. The first kappa shape index (κ1) is 15.9. The van der Waals surface area contributed by atoms with Crippen molar-refractivity contribution in [3.05, 3.63) is 22.3 Å². The van der Waals surface area contributed by atoms with E-state index in [1.54, 1.807) is 4.90 Å². The van der Waals surface area contributed by atoms with Crippen LogP contribution in [-0.2, 0) is 6.18 Å². The van der Waals surface area contributed by atoms with Gasteiger partial charge in [-0.1, -0.05) is 0 Å². The third kappa shape index (κ3) is 3.77. The molecule has 3 nitrogen and oxygen atoms in total. The highest BCUT2D eigenvalue weighted by Gasteiger charge is 2.36. The molecular weight excluding hydrogens is 359 g/mol. The smallest absolute Gasteiger partial charge is 0.354 e. The van der Waals surface area contributed by atoms with E-state index in [2.05, 4.69) is 25.8 Å². The molecule has 0 aliphatic carbocycles. The minimum absolute atomic E-state index is 0.00576. The van der Waals surface area contributed by atoms with Crippen molar-refractivity contribution in [2.75, 3.05) is 43.5 Å². The lowest BCUT2D eigenvalue weighted by atomic mass is 10.2. The summed E-state index contributed by atoms with van der Waals surface area (Å²) in [5.41, 5.74) is -0.697. The van der Waals surface area contributed by atoms with Crippen LogP contribution in [0.1, 0.15) is 5.56 Å². The van der Waals surface area contributed by atoms with Gasteiger partial charge in [0, 0.05) is 49.3 Å². The molecule has 1 aromatic rings. The molecule has 0 spiro atoms. The zero-order valence-electron chi connectivity index (χ0n) is 10.6. The Morgan fingerprint density at radius 1 is 1.25 bits per heavy atom. The van der Waals surface area contributed by atoms with Gasteiger partial charge < -0.3 is 4.90 Å². The lowest BCUT2D eigenvalue weighted by Gasteiger charge is -2.36. The molecule has 2 heterocycles. The Balaban J connectivity index is 2.18. The van der Waals surface area contributed by atoms with E-state index in [0.717, 1.165) is 12.6 Å². The van der Waals surface area contributed by atoms with Crippen molar-refractivity contribution in [3.63, 3.8) is 0 Å². The number of aromatic nitrogens is 1. The summed E-state index contributed by atoms with van der Waals surface area (Å²) in [5, 5.41) is 0. The molecule has 0 saturated carbocycles. The summed E-state index contributed by atoms with van der Waals surface area (Å²) in [7, 11) is 0.